The van der Waals surface area contributed by atoms with Crippen LogP contribution in [0, 0.1) is 5.92 Å². The molecule has 1 saturated heterocycles. The maximum Gasteiger partial charge on any atom is 0.253 e. The molecule has 0 spiro atoms. The SMILES string of the molecule is CCCNC(=O)C1CCN(C(=O)CC(NC(=O)c2ccccc2Cl)c2ccccc2)CC1. The quantitative estimate of drug-likeness (QED) is 0.632. The third-order valence-electron chi connectivity index (χ3n) is 5.77. The number of piperidine rings is 1. The first kappa shape index (κ1) is 23.8. The third-order valence-corrected chi connectivity index (χ3v) is 6.10. The van der Waals surface area contributed by atoms with Crippen LogP contribution in [0.4, 0.5) is 0 Å². The lowest BCUT2D eigenvalue weighted by molar-refractivity contribution is -0.136. The number of carbonyl (C=O) groups excluding carboxylic acids is 3. The van der Waals surface area contributed by atoms with Crippen molar-refractivity contribution in [1.82, 2.24) is 15.5 Å². The number of amides is 3. The zero-order valence-corrected chi connectivity index (χ0v) is 19.1. The van der Waals surface area contributed by atoms with Crippen molar-refractivity contribution in [3.63, 3.8) is 0 Å². The summed E-state index contributed by atoms with van der Waals surface area (Å²) in [6, 6.07) is 15.8. The summed E-state index contributed by atoms with van der Waals surface area (Å²) >= 11 is 6.18. The average molecular weight is 456 g/mol. The first-order chi connectivity index (χ1) is 15.5. The highest BCUT2D eigenvalue weighted by atomic mass is 35.5. The Morgan fingerprint density at radius 3 is 2.34 bits per heavy atom. The van der Waals surface area contributed by atoms with Crippen LogP contribution in [0.25, 0.3) is 0 Å². The number of hydrogen-bond donors (Lipinski definition) is 2. The predicted octanol–water partition coefficient (Wildman–Crippen LogP) is 3.97. The normalized spacial score (nSPS) is 15.1. The van der Waals surface area contributed by atoms with Gasteiger partial charge in [0, 0.05) is 25.6 Å². The van der Waals surface area contributed by atoms with Gasteiger partial charge in [0.1, 0.15) is 0 Å². The van der Waals surface area contributed by atoms with E-state index in [9.17, 15) is 14.4 Å². The van der Waals surface area contributed by atoms with Crippen molar-refractivity contribution >= 4 is 29.3 Å². The van der Waals surface area contributed by atoms with Crippen LogP contribution in [0.3, 0.4) is 0 Å². The molecule has 3 amide bonds. The molecule has 7 heteroatoms. The number of benzene rings is 2. The molecule has 0 saturated carbocycles. The first-order valence-corrected chi connectivity index (χ1v) is 11.5. The summed E-state index contributed by atoms with van der Waals surface area (Å²) in [5.41, 5.74) is 1.23. The van der Waals surface area contributed by atoms with Crippen LogP contribution in [0.2, 0.25) is 5.02 Å². The molecule has 2 aromatic rings. The second-order valence-corrected chi connectivity index (χ2v) is 8.47. The molecule has 0 radical (unpaired) electrons. The fraction of sp³-hybridized carbons (Fsp3) is 0.400. The van der Waals surface area contributed by atoms with Gasteiger partial charge in [-0.25, -0.2) is 0 Å². The Kier molecular flexibility index (Phi) is 8.68. The van der Waals surface area contributed by atoms with Gasteiger partial charge < -0.3 is 15.5 Å². The fourth-order valence-corrected chi connectivity index (χ4v) is 4.13. The van der Waals surface area contributed by atoms with Gasteiger partial charge in [-0.05, 0) is 37.0 Å². The van der Waals surface area contributed by atoms with E-state index in [-0.39, 0.29) is 30.1 Å². The van der Waals surface area contributed by atoms with Gasteiger partial charge in [0.05, 0.1) is 23.0 Å². The molecule has 2 N–H and O–H groups in total. The van der Waals surface area contributed by atoms with Gasteiger partial charge in [-0.2, -0.15) is 0 Å². The second kappa shape index (κ2) is 11.7. The molecule has 1 fully saturated rings. The first-order valence-electron chi connectivity index (χ1n) is 11.2. The lowest BCUT2D eigenvalue weighted by Gasteiger charge is -2.32. The minimum absolute atomic E-state index is 0.0364. The summed E-state index contributed by atoms with van der Waals surface area (Å²) in [6.45, 7) is 3.79. The molecule has 1 heterocycles. The number of hydrogen-bond acceptors (Lipinski definition) is 3. The maximum atomic E-state index is 13.1. The van der Waals surface area contributed by atoms with E-state index in [1.54, 1.807) is 29.2 Å². The number of likely N-dealkylation sites (tertiary alicyclic amines) is 1. The van der Waals surface area contributed by atoms with Crippen LogP contribution in [-0.2, 0) is 9.59 Å². The Morgan fingerprint density at radius 2 is 1.69 bits per heavy atom. The molecule has 6 nitrogen and oxygen atoms in total. The molecule has 1 atom stereocenters. The summed E-state index contributed by atoms with van der Waals surface area (Å²) in [5, 5.41) is 6.28. The molecule has 32 heavy (non-hydrogen) atoms. The Balaban J connectivity index is 1.64. The zero-order chi connectivity index (χ0) is 22.9. The Morgan fingerprint density at radius 1 is 1.03 bits per heavy atom. The smallest absolute Gasteiger partial charge is 0.253 e. The lowest BCUT2D eigenvalue weighted by Crippen LogP contribution is -2.44. The Bertz CT molecular complexity index is 927. The number of nitrogens with zero attached hydrogens (tertiary/aromatic N) is 1. The van der Waals surface area contributed by atoms with Crippen molar-refractivity contribution in [3.05, 3.63) is 70.7 Å². The molecular weight excluding hydrogens is 426 g/mol. The van der Waals surface area contributed by atoms with Crippen LogP contribution in [-0.4, -0.2) is 42.3 Å². The van der Waals surface area contributed by atoms with E-state index < -0.39 is 6.04 Å². The summed E-state index contributed by atoms with van der Waals surface area (Å²) in [7, 11) is 0. The van der Waals surface area contributed by atoms with Crippen molar-refractivity contribution in [3.8, 4) is 0 Å². The zero-order valence-electron chi connectivity index (χ0n) is 18.4. The number of halogens is 1. The number of rotatable bonds is 8. The highest BCUT2D eigenvalue weighted by molar-refractivity contribution is 6.33. The van der Waals surface area contributed by atoms with E-state index in [1.165, 1.54) is 0 Å². The lowest BCUT2D eigenvalue weighted by atomic mass is 9.95. The summed E-state index contributed by atoms with van der Waals surface area (Å²) in [5.74, 6) is -0.321. The molecule has 1 aliphatic heterocycles. The molecule has 170 valence electrons. The van der Waals surface area contributed by atoms with E-state index in [4.69, 9.17) is 11.6 Å². The van der Waals surface area contributed by atoms with Crippen LogP contribution in [0.1, 0.15) is 54.6 Å². The van der Waals surface area contributed by atoms with Crippen LogP contribution >= 0.6 is 11.6 Å². The fourth-order valence-electron chi connectivity index (χ4n) is 3.91. The summed E-state index contributed by atoms with van der Waals surface area (Å²) in [4.78, 5) is 39.9. The van der Waals surface area contributed by atoms with Crippen molar-refractivity contribution in [1.29, 1.82) is 0 Å². The van der Waals surface area contributed by atoms with Gasteiger partial charge in [-0.1, -0.05) is 61.0 Å². The second-order valence-electron chi connectivity index (χ2n) is 8.07. The molecule has 1 unspecified atom stereocenters. The Labute approximate surface area is 194 Å². The minimum atomic E-state index is -0.474. The topological polar surface area (TPSA) is 78.5 Å². The van der Waals surface area contributed by atoms with Gasteiger partial charge in [-0.3, -0.25) is 14.4 Å². The van der Waals surface area contributed by atoms with Crippen molar-refractivity contribution in [2.24, 2.45) is 5.92 Å². The van der Waals surface area contributed by atoms with Gasteiger partial charge in [0.15, 0.2) is 0 Å². The van der Waals surface area contributed by atoms with Gasteiger partial charge >= 0.3 is 0 Å². The summed E-state index contributed by atoms with van der Waals surface area (Å²) < 4.78 is 0. The van der Waals surface area contributed by atoms with Gasteiger partial charge in [-0.15, -0.1) is 0 Å². The van der Waals surface area contributed by atoms with Crippen LogP contribution < -0.4 is 10.6 Å². The number of nitrogens with one attached hydrogen (secondary N) is 2. The van der Waals surface area contributed by atoms with E-state index in [0.29, 0.717) is 43.1 Å². The molecule has 0 aliphatic carbocycles. The molecule has 3 rings (SSSR count). The standard InChI is InChI=1S/C25H30ClN3O3/c1-2-14-27-24(31)19-12-15-29(16-13-19)23(30)17-22(18-8-4-3-5-9-18)28-25(32)20-10-6-7-11-21(20)26/h3-11,19,22H,2,12-17H2,1H3,(H,27,31)(H,28,32). The summed E-state index contributed by atoms with van der Waals surface area (Å²) in [6.07, 6.45) is 2.36. The predicted molar refractivity (Wildman–Crippen MR) is 125 cm³/mol. The third kappa shape index (κ3) is 6.33. The van der Waals surface area contributed by atoms with Crippen LogP contribution in [0.5, 0.6) is 0 Å². The van der Waals surface area contributed by atoms with Crippen molar-refractivity contribution in [2.45, 2.75) is 38.6 Å². The number of carbonyl (C=O) groups is 3. The molecule has 0 aromatic heterocycles. The highest BCUT2D eigenvalue weighted by Crippen LogP contribution is 2.23. The van der Waals surface area contributed by atoms with Gasteiger partial charge in [0.25, 0.3) is 5.91 Å². The van der Waals surface area contributed by atoms with E-state index in [2.05, 4.69) is 10.6 Å². The Hall–Kier alpha value is -2.86. The minimum Gasteiger partial charge on any atom is -0.356 e. The van der Waals surface area contributed by atoms with Crippen molar-refractivity contribution in [2.75, 3.05) is 19.6 Å². The largest absolute Gasteiger partial charge is 0.356 e. The molecule has 1 aliphatic rings. The average Bonchev–Trinajstić information content (AvgIpc) is 2.83. The van der Waals surface area contributed by atoms with E-state index in [1.807, 2.05) is 37.3 Å². The van der Waals surface area contributed by atoms with E-state index in [0.717, 1.165) is 12.0 Å². The maximum absolute atomic E-state index is 13.1. The van der Waals surface area contributed by atoms with Crippen molar-refractivity contribution < 1.29 is 14.4 Å². The van der Waals surface area contributed by atoms with E-state index >= 15 is 0 Å². The molecular formula is C25H30ClN3O3. The van der Waals surface area contributed by atoms with Crippen LogP contribution in [0.15, 0.2) is 54.6 Å². The molecule has 2 aromatic carbocycles. The highest BCUT2D eigenvalue weighted by Gasteiger charge is 2.29. The molecule has 0 bridgehead atoms. The van der Waals surface area contributed by atoms with Gasteiger partial charge in [0.2, 0.25) is 11.8 Å². The monoisotopic (exact) mass is 455 g/mol.